The van der Waals surface area contributed by atoms with Crippen LogP contribution in [-0.4, -0.2) is 25.3 Å². The molecule has 0 fully saturated rings. The molecule has 0 spiro atoms. The van der Waals surface area contributed by atoms with Gasteiger partial charge in [-0.2, -0.15) is 0 Å². The Balaban J connectivity index is 1.43. The van der Waals surface area contributed by atoms with Crippen LogP contribution in [0.2, 0.25) is 5.02 Å². The van der Waals surface area contributed by atoms with Crippen LogP contribution in [0.15, 0.2) is 60.9 Å². The number of H-pyrrole nitrogens is 1. The number of carbonyl (C=O) groups is 1. The molecule has 6 nitrogen and oxygen atoms in total. The van der Waals surface area contributed by atoms with Gasteiger partial charge in [0.15, 0.2) is 0 Å². The number of anilines is 1. The Kier molecular flexibility index (Phi) is 4.22. The molecule has 0 radical (unpaired) electrons. The van der Waals surface area contributed by atoms with E-state index in [2.05, 4.69) is 20.3 Å². The second-order valence-electron chi connectivity index (χ2n) is 6.67. The number of nitrogens with zero attached hydrogens (tertiary/aromatic N) is 3. The third kappa shape index (κ3) is 3.37. The van der Waals surface area contributed by atoms with E-state index in [1.165, 1.54) is 41.1 Å². The highest BCUT2D eigenvalue weighted by Gasteiger charge is 2.14. The summed E-state index contributed by atoms with van der Waals surface area (Å²) in [6.45, 7) is 0. The summed E-state index contributed by atoms with van der Waals surface area (Å²) < 4.78 is 28.4. The molecule has 0 unspecified atom stereocenters. The average Bonchev–Trinajstić information content (AvgIpc) is 3.29. The van der Waals surface area contributed by atoms with Crippen molar-refractivity contribution in [1.29, 1.82) is 0 Å². The lowest BCUT2D eigenvalue weighted by molar-refractivity contribution is 0.102. The second kappa shape index (κ2) is 6.93. The van der Waals surface area contributed by atoms with E-state index < -0.39 is 17.5 Å². The Morgan fingerprint density at radius 1 is 0.967 bits per heavy atom. The van der Waals surface area contributed by atoms with Crippen molar-refractivity contribution in [2.75, 3.05) is 5.32 Å². The van der Waals surface area contributed by atoms with Gasteiger partial charge in [-0.1, -0.05) is 17.7 Å². The fraction of sp³-hybridized carbons (Fsp3) is 0. The molecule has 0 saturated heterocycles. The van der Waals surface area contributed by atoms with Crippen LogP contribution in [0.25, 0.3) is 27.8 Å². The highest BCUT2D eigenvalue weighted by molar-refractivity contribution is 6.30. The molecule has 2 aromatic carbocycles. The van der Waals surface area contributed by atoms with Crippen molar-refractivity contribution in [2.45, 2.75) is 0 Å². The summed E-state index contributed by atoms with van der Waals surface area (Å²) in [4.78, 5) is 24.0. The van der Waals surface area contributed by atoms with Gasteiger partial charge in [0.1, 0.15) is 23.0 Å². The van der Waals surface area contributed by atoms with Gasteiger partial charge < -0.3 is 9.38 Å². The first-order valence-corrected chi connectivity index (χ1v) is 9.24. The monoisotopic (exact) mass is 423 g/mol. The molecule has 30 heavy (non-hydrogen) atoms. The molecule has 1 amide bonds. The fourth-order valence-corrected chi connectivity index (χ4v) is 3.44. The number of carbonyl (C=O) groups excluding carboxylic acids is 1. The first-order chi connectivity index (χ1) is 14.4. The number of rotatable bonds is 3. The molecule has 0 atom stereocenters. The van der Waals surface area contributed by atoms with Crippen molar-refractivity contribution >= 4 is 40.1 Å². The Bertz CT molecular complexity index is 1420. The number of nitrogens with one attached hydrogen (secondary N) is 2. The van der Waals surface area contributed by atoms with E-state index in [-0.39, 0.29) is 11.6 Å². The SMILES string of the molecule is O=C(Nc1nc2ccc(-c3cc(F)cc(Cl)c3)cc2[nH]1)c1cn2cc(F)ccc2n1. The van der Waals surface area contributed by atoms with Crippen LogP contribution in [0.1, 0.15) is 10.5 Å². The number of aromatic nitrogens is 4. The van der Waals surface area contributed by atoms with Crippen molar-refractivity contribution in [3.05, 3.63) is 83.3 Å². The fourth-order valence-electron chi connectivity index (χ4n) is 3.21. The summed E-state index contributed by atoms with van der Waals surface area (Å²) in [5, 5.41) is 2.95. The summed E-state index contributed by atoms with van der Waals surface area (Å²) in [7, 11) is 0. The van der Waals surface area contributed by atoms with E-state index in [1.807, 2.05) is 0 Å². The van der Waals surface area contributed by atoms with Gasteiger partial charge >= 0.3 is 0 Å². The Morgan fingerprint density at radius 3 is 2.67 bits per heavy atom. The molecule has 0 saturated carbocycles. The van der Waals surface area contributed by atoms with Gasteiger partial charge in [0.25, 0.3) is 5.91 Å². The number of halogens is 3. The lowest BCUT2D eigenvalue weighted by atomic mass is 10.1. The lowest BCUT2D eigenvalue weighted by Gasteiger charge is -2.03. The Morgan fingerprint density at radius 2 is 1.83 bits per heavy atom. The van der Waals surface area contributed by atoms with Crippen molar-refractivity contribution < 1.29 is 13.6 Å². The molecular weight excluding hydrogens is 412 g/mol. The van der Waals surface area contributed by atoms with Gasteiger partial charge in [0.2, 0.25) is 5.95 Å². The van der Waals surface area contributed by atoms with Crippen LogP contribution in [-0.2, 0) is 0 Å². The Labute approximate surface area is 173 Å². The van der Waals surface area contributed by atoms with Crippen LogP contribution < -0.4 is 5.32 Å². The second-order valence-corrected chi connectivity index (χ2v) is 7.10. The molecule has 0 aliphatic carbocycles. The van der Waals surface area contributed by atoms with Crippen LogP contribution in [0.4, 0.5) is 14.7 Å². The quantitative estimate of drug-likeness (QED) is 0.426. The van der Waals surface area contributed by atoms with E-state index in [9.17, 15) is 13.6 Å². The van der Waals surface area contributed by atoms with Crippen LogP contribution >= 0.6 is 11.6 Å². The first-order valence-electron chi connectivity index (χ1n) is 8.86. The normalized spacial score (nSPS) is 11.3. The zero-order valence-corrected chi connectivity index (χ0v) is 15.9. The molecule has 0 bridgehead atoms. The molecule has 5 aromatic rings. The minimum Gasteiger partial charge on any atom is -0.324 e. The number of pyridine rings is 1. The number of fused-ring (bicyclic) bond motifs is 2. The molecule has 3 heterocycles. The predicted molar refractivity (Wildman–Crippen MR) is 110 cm³/mol. The standard InChI is InChI=1S/C21H12ClF2N5O/c22-13-5-12(6-15(24)8-13)11-1-3-16-17(7-11)27-21(26-16)28-20(30)18-10-29-9-14(23)2-4-19(29)25-18/h1-10H,(H2,26,27,28,30). The summed E-state index contributed by atoms with van der Waals surface area (Å²) in [6.07, 6.45) is 2.67. The van der Waals surface area contributed by atoms with Crippen molar-refractivity contribution in [1.82, 2.24) is 19.4 Å². The maximum Gasteiger partial charge on any atom is 0.278 e. The van der Waals surface area contributed by atoms with E-state index >= 15 is 0 Å². The zero-order valence-electron chi connectivity index (χ0n) is 15.2. The minimum absolute atomic E-state index is 0.121. The highest BCUT2D eigenvalue weighted by atomic mass is 35.5. The maximum atomic E-state index is 13.7. The summed E-state index contributed by atoms with van der Waals surface area (Å²) in [5.41, 5.74) is 3.21. The van der Waals surface area contributed by atoms with Crippen LogP contribution in [0.5, 0.6) is 0 Å². The van der Waals surface area contributed by atoms with Crippen molar-refractivity contribution in [3.63, 3.8) is 0 Å². The molecule has 0 aliphatic rings. The highest BCUT2D eigenvalue weighted by Crippen LogP contribution is 2.27. The van der Waals surface area contributed by atoms with Gasteiger partial charge in [-0.25, -0.2) is 18.7 Å². The lowest BCUT2D eigenvalue weighted by Crippen LogP contribution is -2.13. The molecule has 9 heteroatoms. The molecule has 5 rings (SSSR count). The number of imidazole rings is 2. The molecule has 0 aliphatic heterocycles. The largest absolute Gasteiger partial charge is 0.324 e. The number of aromatic amines is 1. The van der Waals surface area contributed by atoms with E-state index in [0.29, 0.717) is 27.3 Å². The van der Waals surface area contributed by atoms with Gasteiger partial charge in [0.05, 0.1) is 11.0 Å². The number of hydrogen-bond donors (Lipinski definition) is 2. The first kappa shape index (κ1) is 18.3. The van der Waals surface area contributed by atoms with Gasteiger partial charge in [-0.15, -0.1) is 0 Å². The third-order valence-corrected chi connectivity index (χ3v) is 4.78. The number of benzene rings is 2. The van der Waals surface area contributed by atoms with Gasteiger partial charge in [0, 0.05) is 17.4 Å². The van der Waals surface area contributed by atoms with Gasteiger partial charge in [-0.3, -0.25) is 10.1 Å². The van der Waals surface area contributed by atoms with Crippen LogP contribution in [0, 0.1) is 11.6 Å². The topological polar surface area (TPSA) is 75.1 Å². The average molecular weight is 424 g/mol. The Hall–Kier alpha value is -3.78. The van der Waals surface area contributed by atoms with E-state index in [0.717, 1.165) is 5.56 Å². The van der Waals surface area contributed by atoms with E-state index in [1.54, 1.807) is 24.3 Å². The van der Waals surface area contributed by atoms with Crippen molar-refractivity contribution in [3.8, 4) is 11.1 Å². The summed E-state index contributed by atoms with van der Waals surface area (Å²) in [5.74, 6) is -1.12. The molecular formula is C21H12ClF2N5O. The molecule has 2 N–H and O–H groups in total. The summed E-state index contributed by atoms with van der Waals surface area (Å²) in [6, 6.07) is 12.4. The van der Waals surface area contributed by atoms with Gasteiger partial charge in [-0.05, 0) is 53.6 Å². The van der Waals surface area contributed by atoms with Crippen molar-refractivity contribution in [2.24, 2.45) is 0 Å². The number of amides is 1. The molecule has 3 aromatic heterocycles. The zero-order chi connectivity index (χ0) is 20.8. The minimum atomic E-state index is -0.490. The smallest absolute Gasteiger partial charge is 0.278 e. The van der Waals surface area contributed by atoms with Crippen LogP contribution in [0.3, 0.4) is 0 Å². The predicted octanol–water partition coefficient (Wildman–Crippen LogP) is 5.06. The van der Waals surface area contributed by atoms with E-state index in [4.69, 9.17) is 11.6 Å². The maximum absolute atomic E-state index is 13.7. The molecule has 148 valence electrons. The number of hydrogen-bond acceptors (Lipinski definition) is 3. The third-order valence-electron chi connectivity index (χ3n) is 4.56. The summed E-state index contributed by atoms with van der Waals surface area (Å²) >= 11 is 5.94.